The van der Waals surface area contributed by atoms with Crippen LogP contribution in [0.2, 0.25) is 0 Å². The average Bonchev–Trinajstić information content (AvgIpc) is 3.03. The Balaban J connectivity index is 1.83. The van der Waals surface area contributed by atoms with E-state index in [1.165, 1.54) is 5.56 Å². The zero-order chi connectivity index (χ0) is 19.1. The maximum atomic E-state index is 11.8. The highest BCUT2D eigenvalue weighted by Crippen LogP contribution is 2.31. The maximum Gasteiger partial charge on any atom is 0.315 e. The molecule has 2 N–H and O–H groups in total. The number of carbonyl (C=O) groups excluding carboxylic acids is 1. The third kappa shape index (κ3) is 4.70. The highest BCUT2D eigenvalue weighted by Gasteiger charge is 2.15. The lowest BCUT2D eigenvalue weighted by Gasteiger charge is -2.07. The van der Waals surface area contributed by atoms with Gasteiger partial charge in [0.1, 0.15) is 17.1 Å². The van der Waals surface area contributed by atoms with Crippen molar-refractivity contribution in [3.05, 3.63) is 78.1 Å². The van der Waals surface area contributed by atoms with Crippen LogP contribution in [0.4, 0.5) is 4.79 Å². The van der Waals surface area contributed by atoms with Gasteiger partial charge in [-0.3, -0.25) is 0 Å². The fourth-order valence-electron chi connectivity index (χ4n) is 3.03. The van der Waals surface area contributed by atoms with Crippen LogP contribution in [0.5, 0.6) is 5.75 Å². The van der Waals surface area contributed by atoms with Gasteiger partial charge in [-0.25, -0.2) is 4.79 Å². The molecule has 140 valence electrons. The Kier molecular flexibility index (Phi) is 6.15. The molecule has 2 amide bonds. The summed E-state index contributed by atoms with van der Waals surface area (Å²) in [5.41, 5.74) is 3.10. The summed E-state index contributed by atoms with van der Waals surface area (Å²) in [7, 11) is 1.65. The second-order valence-electron chi connectivity index (χ2n) is 6.20. The maximum absolute atomic E-state index is 11.8. The SMILES string of the molecule is C=CCNC(=O)NCCc1c(Cc2ccccc2)oc2ccc(OC)cc12. The number of amides is 2. The van der Waals surface area contributed by atoms with E-state index in [1.54, 1.807) is 13.2 Å². The molecule has 0 saturated carbocycles. The number of ether oxygens (including phenoxy) is 1. The van der Waals surface area contributed by atoms with Crippen LogP contribution in [-0.2, 0) is 12.8 Å². The number of carbonyl (C=O) groups is 1. The van der Waals surface area contributed by atoms with Gasteiger partial charge in [0, 0.05) is 30.5 Å². The number of benzene rings is 2. The standard InChI is InChI=1S/C22H24N2O3/c1-3-12-23-22(25)24-13-11-18-19-15-17(26-2)9-10-20(19)27-21(18)14-16-7-5-4-6-8-16/h3-10,15H,1,11-14H2,2H3,(H2,23,24,25). The van der Waals surface area contributed by atoms with Crippen molar-refractivity contribution in [2.24, 2.45) is 0 Å². The van der Waals surface area contributed by atoms with Crippen LogP contribution in [0.25, 0.3) is 11.0 Å². The summed E-state index contributed by atoms with van der Waals surface area (Å²) in [5.74, 6) is 1.70. The van der Waals surface area contributed by atoms with Gasteiger partial charge in [0.2, 0.25) is 0 Å². The van der Waals surface area contributed by atoms with Crippen LogP contribution in [0.15, 0.2) is 65.6 Å². The van der Waals surface area contributed by atoms with E-state index in [4.69, 9.17) is 9.15 Å². The van der Waals surface area contributed by atoms with E-state index in [9.17, 15) is 4.79 Å². The first-order valence-corrected chi connectivity index (χ1v) is 8.96. The summed E-state index contributed by atoms with van der Waals surface area (Å²) >= 11 is 0. The summed E-state index contributed by atoms with van der Waals surface area (Å²) in [6.45, 7) is 4.54. The van der Waals surface area contributed by atoms with Crippen LogP contribution in [0, 0.1) is 0 Å². The first kappa shape index (κ1) is 18.6. The molecule has 5 nitrogen and oxygen atoms in total. The molecule has 3 rings (SSSR count). The van der Waals surface area contributed by atoms with Crippen molar-refractivity contribution in [1.29, 1.82) is 0 Å². The van der Waals surface area contributed by atoms with E-state index in [1.807, 2.05) is 36.4 Å². The number of rotatable bonds is 8. The molecule has 1 aromatic heterocycles. The highest BCUT2D eigenvalue weighted by atomic mass is 16.5. The smallest absolute Gasteiger partial charge is 0.315 e. The van der Waals surface area contributed by atoms with E-state index in [0.29, 0.717) is 25.9 Å². The molecule has 0 fully saturated rings. The molecule has 0 unspecified atom stereocenters. The van der Waals surface area contributed by atoms with Crippen LogP contribution in [0.1, 0.15) is 16.9 Å². The predicted octanol–water partition coefficient (Wildman–Crippen LogP) is 4.06. The van der Waals surface area contributed by atoms with Gasteiger partial charge < -0.3 is 19.8 Å². The molecule has 5 heteroatoms. The minimum atomic E-state index is -0.204. The monoisotopic (exact) mass is 364 g/mol. The first-order valence-electron chi connectivity index (χ1n) is 8.96. The Labute approximate surface area is 159 Å². The largest absolute Gasteiger partial charge is 0.497 e. The zero-order valence-corrected chi connectivity index (χ0v) is 15.5. The molecular formula is C22H24N2O3. The Morgan fingerprint density at radius 2 is 2.00 bits per heavy atom. The van der Waals surface area contributed by atoms with Gasteiger partial charge in [-0.05, 0) is 30.2 Å². The molecule has 0 atom stereocenters. The van der Waals surface area contributed by atoms with Gasteiger partial charge in [0.25, 0.3) is 0 Å². The average molecular weight is 364 g/mol. The van der Waals surface area contributed by atoms with Crippen LogP contribution in [0.3, 0.4) is 0 Å². The third-order valence-electron chi connectivity index (χ3n) is 4.36. The Morgan fingerprint density at radius 1 is 1.19 bits per heavy atom. The molecule has 0 bridgehead atoms. The van der Waals surface area contributed by atoms with Gasteiger partial charge in [-0.15, -0.1) is 6.58 Å². The molecule has 1 heterocycles. The van der Waals surface area contributed by atoms with Crippen molar-refractivity contribution < 1.29 is 13.9 Å². The first-order chi connectivity index (χ1) is 13.2. The van der Waals surface area contributed by atoms with Crippen molar-refractivity contribution >= 4 is 17.0 Å². The second-order valence-corrected chi connectivity index (χ2v) is 6.20. The molecule has 0 aliphatic rings. The van der Waals surface area contributed by atoms with E-state index in [0.717, 1.165) is 28.0 Å². The summed E-state index contributed by atoms with van der Waals surface area (Å²) in [5, 5.41) is 6.60. The molecule has 0 aliphatic carbocycles. The summed E-state index contributed by atoms with van der Waals surface area (Å²) in [4.78, 5) is 11.8. The minimum absolute atomic E-state index is 0.204. The number of urea groups is 1. The minimum Gasteiger partial charge on any atom is -0.497 e. The fourth-order valence-corrected chi connectivity index (χ4v) is 3.03. The number of furan rings is 1. The van der Waals surface area contributed by atoms with Crippen molar-refractivity contribution in [2.45, 2.75) is 12.8 Å². The Bertz CT molecular complexity index is 916. The van der Waals surface area contributed by atoms with E-state index in [2.05, 4.69) is 29.3 Å². The van der Waals surface area contributed by atoms with Gasteiger partial charge in [-0.1, -0.05) is 36.4 Å². The fraction of sp³-hybridized carbons (Fsp3) is 0.227. The number of methoxy groups -OCH3 is 1. The summed E-state index contributed by atoms with van der Waals surface area (Å²) < 4.78 is 11.5. The lowest BCUT2D eigenvalue weighted by Crippen LogP contribution is -2.36. The van der Waals surface area contributed by atoms with Crippen molar-refractivity contribution in [1.82, 2.24) is 10.6 Å². The van der Waals surface area contributed by atoms with E-state index in [-0.39, 0.29) is 6.03 Å². The van der Waals surface area contributed by atoms with Crippen molar-refractivity contribution in [3.63, 3.8) is 0 Å². The second kappa shape index (κ2) is 8.94. The van der Waals surface area contributed by atoms with Gasteiger partial charge in [0.15, 0.2) is 0 Å². The number of hydrogen-bond acceptors (Lipinski definition) is 3. The van der Waals surface area contributed by atoms with Gasteiger partial charge in [-0.2, -0.15) is 0 Å². The Morgan fingerprint density at radius 3 is 2.74 bits per heavy atom. The Hall–Kier alpha value is -3.21. The molecular weight excluding hydrogens is 340 g/mol. The molecule has 2 aromatic carbocycles. The van der Waals surface area contributed by atoms with E-state index < -0.39 is 0 Å². The van der Waals surface area contributed by atoms with Crippen LogP contribution < -0.4 is 15.4 Å². The molecule has 3 aromatic rings. The van der Waals surface area contributed by atoms with Gasteiger partial charge in [0.05, 0.1) is 7.11 Å². The van der Waals surface area contributed by atoms with Crippen molar-refractivity contribution in [3.8, 4) is 5.75 Å². The lowest BCUT2D eigenvalue weighted by molar-refractivity contribution is 0.242. The number of nitrogens with one attached hydrogen (secondary N) is 2. The number of hydrogen-bond donors (Lipinski definition) is 2. The normalized spacial score (nSPS) is 10.6. The summed E-state index contributed by atoms with van der Waals surface area (Å²) in [6, 6.07) is 15.8. The van der Waals surface area contributed by atoms with Gasteiger partial charge >= 0.3 is 6.03 Å². The van der Waals surface area contributed by atoms with Crippen LogP contribution in [-0.4, -0.2) is 26.2 Å². The zero-order valence-electron chi connectivity index (χ0n) is 15.5. The molecule has 27 heavy (non-hydrogen) atoms. The quantitative estimate of drug-likeness (QED) is 0.593. The number of fused-ring (bicyclic) bond motifs is 1. The molecule has 0 aliphatic heterocycles. The van der Waals surface area contributed by atoms with Crippen molar-refractivity contribution in [2.75, 3.05) is 20.2 Å². The topological polar surface area (TPSA) is 63.5 Å². The van der Waals surface area contributed by atoms with Crippen LogP contribution >= 0.6 is 0 Å². The predicted molar refractivity (Wildman–Crippen MR) is 107 cm³/mol. The summed E-state index contributed by atoms with van der Waals surface area (Å²) in [6.07, 6.45) is 3.02. The molecule has 0 spiro atoms. The lowest BCUT2D eigenvalue weighted by atomic mass is 10.0. The highest BCUT2D eigenvalue weighted by molar-refractivity contribution is 5.84. The molecule has 0 radical (unpaired) electrons. The van der Waals surface area contributed by atoms with E-state index >= 15 is 0 Å². The third-order valence-corrected chi connectivity index (χ3v) is 4.36. The molecule has 0 saturated heterocycles.